The van der Waals surface area contributed by atoms with Gasteiger partial charge in [-0.1, -0.05) is 0 Å². The Morgan fingerprint density at radius 2 is 2.12 bits per heavy atom. The summed E-state index contributed by atoms with van der Waals surface area (Å²) in [4.78, 5) is 10.8. The topological polar surface area (TPSA) is 107 Å². The van der Waals surface area contributed by atoms with Crippen molar-refractivity contribution in [3.8, 4) is 0 Å². The van der Waals surface area contributed by atoms with Gasteiger partial charge in [-0.05, 0) is 6.42 Å². The van der Waals surface area contributed by atoms with Crippen molar-refractivity contribution in [1.82, 2.24) is 4.72 Å². The molecule has 17 heavy (non-hydrogen) atoms. The molecule has 1 N–H and O–H groups in total. The Kier molecular flexibility index (Phi) is 4.50. The van der Waals surface area contributed by atoms with Crippen LogP contribution in [0.25, 0.3) is 0 Å². The van der Waals surface area contributed by atoms with Crippen LogP contribution >= 0.6 is 0 Å². The number of rotatable bonds is 5. The van der Waals surface area contributed by atoms with Crippen LogP contribution in [0.5, 0.6) is 0 Å². The molecule has 1 aliphatic heterocycles. The number of hydrogen-bond donors (Lipinski definition) is 1. The molecule has 0 spiro atoms. The first-order valence-electron chi connectivity index (χ1n) is 5.02. The fourth-order valence-corrected chi connectivity index (χ4v) is 5.60. The van der Waals surface area contributed by atoms with E-state index in [2.05, 4.69) is 9.46 Å². The second-order valence-corrected chi connectivity index (χ2v) is 8.06. The van der Waals surface area contributed by atoms with Crippen LogP contribution in [0.4, 0.5) is 0 Å². The van der Waals surface area contributed by atoms with Gasteiger partial charge < -0.3 is 4.74 Å². The molecule has 1 heterocycles. The highest BCUT2D eigenvalue weighted by Gasteiger charge is 2.36. The van der Waals surface area contributed by atoms with E-state index in [9.17, 15) is 21.6 Å². The standard InChI is InChI=1S/C8H15NO6S2/c1-15-8(10)2-4-9-17(13,14)7-3-5-16(11,12)6-7/h7,9H,2-6H2,1H3. The van der Waals surface area contributed by atoms with Crippen LogP contribution in [0.1, 0.15) is 12.8 Å². The van der Waals surface area contributed by atoms with Crippen LogP contribution in [0, 0.1) is 0 Å². The summed E-state index contributed by atoms with van der Waals surface area (Å²) in [5, 5.41) is -0.912. The number of esters is 1. The van der Waals surface area contributed by atoms with Crippen LogP contribution in [0.2, 0.25) is 0 Å². The highest BCUT2D eigenvalue weighted by atomic mass is 32.2. The summed E-state index contributed by atoms with van der Waals surface area (Å²) >= 11 is 0. The molecule has 7 nitrogen and oxygen atoms in total. The van der Waals surface area contributed by atoms with Crippen LogP contribution in [0.3, 0.4) is 0 Å². The van der Waals surface area contributed by atoms with Gasteiger partial charge in [-0.2, -0.15) is 0 Å². The molecular formula is C8H15NO6S2. The molecule has 0 aromatic carbocycles. The Morgan fingerprint density at radius 1 is 1.47 bits per heavy atom. The number of carbonyl (C=O) groups is 1. The number of ether oxygens (including phenoxy) is 1. The molecule has 1 rings (SSSR count). The molecule has 0 bridgehead atoms. The lowest BCUT2D eigenvalue weighted by molar-refractivity contribution is -0.140. The SMILES string of the molecule is COC(=O)CCNS(=O)(=O)C1CCS(=O)(=O)C1. The van der Waals surface area contributed by atoms with Gasteiger partial charge in [0.15, 0.2) is 9.84 Å². The summed E-state index contributed by atoms with van der Waals surface area (Å²) in [7, 11) is -5.70. The van der Waals surface area contributed by atoms with Crippen molar-refractivity contribution < 1.29 is 26.4 Å². The van der Waals surface area contributed by atoms with E-state index in [0.717, 1.165) is 0 Å². The molecule has 9 heteroatoms. The maximum absolute atomic E-state index is 11.7. The van der Waals surface area contributed by atoms with Crippen molar-refractivity contribution in [1.29, 1.82) is 0 Å². The van der Waals surface area contributed by atoms with Gasteiger partial charge in [0.25, 0.3) is 0 Å². The molecule has 0 aromatic heterocycles. The summed E-state index contributed by atoms with van der Waals surface area (Å²) in [6.07, 6.45) is 0.0328. The molecule has 0 aromatic rings. The zero-order chi connectivity index (χ0) is 13.1. The average Bonchev–Trinajstić information content (AvgIpc) is 2.59. The number of hydrogen-bond acceptors (Lipinski definition) is 6. The fourth-order valence-electron chi connectivity index (χ4n) is 1.52. The summed E-state index contributed by atoms with van der Waals surface area (Å²) in [5.41, 5.74) is 0. The maximum Gasteiger partial charge on any atom is 0.306 e. The largest absolute Gasteiger partial charge is 0.469 e. The minimum absolute atomic E-state index is 0.0742. The van der Waals surface area contributed by atoms with E-state index >= 15 is 0 Å². The van der Waals surface area contributed by atoms with E-state index in [0.29, 0.717) is 0 Å². The van der Waals surface area contributed by atoms with Gasteiger partial charge in [-0.15, -0.1) is 0 Å². The Morgan fingerprint density at radius 3 is 2.59 bits per heavy atom. The van der Waals surface area contributed by atoms with Crippen LogP contribution in [-0.2, 0) is 29.4 Å². The quantitative estimate of drug-likeness (QED) is 0.626. The summed E-state index contributed by atoms with van der Waals surface area (Å²) in [6, 6.07) is 0. The maximum atomic E-state index is 11.7. The third-order valence-corrected chi connectivity index (χ3v) is 6.36. The molecular weight excluding hydrogens is 270 g/mol. The number of carbonyl (C=O) groups excluding carboxylic acids is 1. The lowest BCUT2D eigenvalue weighted by Gasteiger charge is -2.10. The number of sulfonamides is 1. The number of methoxy groups -OCH3 is 1. The third kappa shape index (κ3) is 4.25. The minimum Gasteiger partial charge on any atom is -0.469 e. The fraction of sp³-hybridized carbons (Fsp3) is 0.875. The predicted molar refractivity (Wildman–Crippen MR) is 60.6 cm³/mol. The van der Waals surface area contributed by atoms with Crippen LogP contribution in [-0.4, -0.2) is 53.2 Å². The third-order valence-electron chi connectivity index (χ3n) is 2.49. The van der Waals surface area contributed by atoms with Gasteiger partial charge in [-0.3, -0.25) is 4.79 Å². The Balaban J connectivity index is 2.50. The Bertz CT molecular complexity index is 480. The van der Waals surface area contributed by atoms with E-state index < -0.39 is 31.1 Å². The second-order valence-electron chi connectivity index (χ2n) is 3.79. The van der Waals surface area contributed by atoms with Gasteiger partial charge in [0.05, 0.1) is 30.3 Å². The van der Waals surface area contributed by atoms with E-state index in [1.165, 1.54) is 7.11 Å². The smallest absolute Gasteiger partial charge is 0.306 e. The highest BCUT2D eigenvalue weighted by molar-refractivity contribution is 7.95. The lowest BCUT2D eigenvalue weighted by atomic mass is 10.4. The molecule has 1 fully saturated rings. The molecule has 0 aliphatic carbocycles. The summed E-state index contributed by atoms with van der Waals surface area (Å²) in [6.45, 7) is -0.0778. The van der Waals surface area contributed by atoms with Gasteiger partial charge in [-0.25, -0.2) is 21.6 Å². The molecule has 1 unspecified atom stereocenters. The minimum atomic E-state index is -3.67. The second kappa shape index (κ2) is 5.32. The number of nitrogens with one attached hydrogen (secondary N) is 1. The molecule has 0 amide bonds. The first kappa shape index (κ1) is 14.4. The van der Waals surface area contributed by atoms with E-state index in [1.54, 1.807) is 0 Å². The summed E-state index contributed by atoms with van der Waals surface area (Å²) < 4.78 is 52.2. The predicted octanol–water partition coefficient (Wildman–Crippen LogP) is -1.34. The zero-order valence-electron chi connectivity index (χ0n) is 9.38. The van der Waals surface area contributed by atoms with Crippen molar-refractivity contribution in [2.45, 2.75) is 18.1 Å². The molecule has 0 saturated carbocycles. The van der Waals surface area contributed by atoms with Gasteiger partial charge in [0.2, 0.25) is 10.0 Å². The lowest BCUT2D eigenvalue weighted by Crippen LogP contribution is -2.36. The van der Waals surface area contributed by atoms with Crippen molar-refractivity contribution in [2.75, 3.05) is 25.2 Å². The zero-order valence-corrected chi connectivity index (χ0v) is 11.0. The Hall–Kier alpha value is -0.670. The van der Waals surface area contributed by atoms with Crippen molar-refractivity contribution in [3.05, 3.63) is 0 Å². The van der Waals surface area contributed by atoms with Gasteiger partial charge in [0.1, 0.15) is 0 Å². The average molecular weight is 285 g/mol. The van der Waals surface area contributed by atoms with E-state index in [4.69, 9.17) is 0 Å². The Labute approximate surface area is 100 Å². The molecule has 1 aliphatic rings. The first-order valence-corrected chi connectivity index (χ1v) is 8.39. The van der Waals surface area contributed by atoms with Crippen molar-refractivity contribution in [2.24, 2.45) is 0 Å². The van der Waals surface area contributed by atoms with Crippen molar-refractivity contribution in [3.63, 3.8) is 0 Å². The monoisotopic (exact) mass is 285 g/mol. The first-order chi connectivity index (χ1) is 7.77. The van der Waals surface area contributed by atoms with Gasteiger partial charge >= 0.3 is 5.97 Å². The van der Waals surface area contributed by atoms with Gasteiger partial charge in [0, 0.05) is 6.54 Å². The molecule has 100 valence electrons. The molecule has 1 atom stereocenters. The molecule has 1 saturated heterocycles. The summed E-state index contributed by atoms with van der Waals surface area (Å²) in [5.74, 6) is -0.970. The molecule has 0 radical (unpaired) electrons. The van der Waals surface area contributed by atoms with Crippen molar-refractivity contribution >= 4 is 25.8 Å². The van der Waals surface area contributed by atoms with E-state index in [-0.39, 0.29) is 30.9 Å². The highest BCUT2D eigenvalue weighted by Crippen LogP contribution is 2.17. The van der Waals surface area contributed by atoms with Crippen LogP contribution < -0.4 is 4.72 Å². The normalized spacial score (nSPS) is 23.5. The van der Waals surface area contributed by atoms with E-state index in [1.807, 2.05) is 0 Å². The number of sulfone groups is 1. The van der Waals surface area contributed by atoms with Crippen LogP contribution in [0.15, 0.2) is 0 Å².